The second kappa shape index (κ2) is 6.75. The largest absolute Gasteiger partial charge is 0.496 e. The van der Waals surface area contributed by atoms with Gasteiger partial charge in [0.05, 0.1) is 12.7 Å². The maximum absolute atomic E-state index is 12.5. The number of hydrogen-bond acceptors (Lipinski definition) is 3. The van der Waals surface area contributed by atoms with E-state index in [-0.39, 0.29) is 5.91 Å². The zero-order valence-corrected chi connectivity index (χ0v) is 12.6. The Hall–Kier alpha value is -1.55. The molecule has 2 rings (SSSR count). The molecule has 0 atom stereocenters. The molecule has 110 valence electrons. The molecule has 4 heteroatoms. The van der Waals surface area contributed by atoms with Crippen LogP contribution in [0, 0.1) is 0 Å². The maximum atomic E-state index is 12.5. The molecule has 1 amide bonds. The first-order valence-electron chi connectivity index (χ1n) is 7.30. The molecule has 1 aromatic rings. The highest BCUT2D eigenvalue weighted by atomic mass is 16.5. The van der Waals surface area contributed by atoms with Gasteiger partial charge in [0.1, 0.15) is 5.75 Å². The van der Waals surface area contributed by atoms with E-state index in [1.807, 2.05) is 29.2 Å². The summed E-state index contributed by atoms with van der Waals surface area (Å²) in [6.45, 7) is 5.93. The van der Waals surface area contributed by atoms with E-state index in [9.17, 15) is 4.79 Å². The van der Waals surface area contributed by atoms with Crippen LogP contribution in [0.2, 0.25) is 0 Å². The molecule has 0 saturated carbocycles. The van der Waals surface area contributed by atoms with Crippen LogP contribution in [0.15, 0.2) is 24.3 Å². The predicted molar refractivity (Wildman–Crippen MR) is 80.2 cm³/mol. The van der Waals surface area contributed by atoms with Gasteiger partial charge in [0.2, 0.25) is 0 Å². The van der Waals surface area contributed by atoms with Gasteiger partial charge in [0, 0.05) is 25.2 Å². The molecule has 4 nitrogen and oxygen atoms in total. The van der Waals surface area contributed by atoms with Crippen molar-refractivity contribution in [2.24, 2.45) is 0 Å². The molecular weight excluding hydrogens is 252 g/mol. The van der Waals surface area contributed by atoms with Crippen molar-refractivity contribution in [3.8, 4) is 5.75 Å². The number of benzene rings is 1. The summed E-state index contributed by atoms with van der Waals surface area (Å²) in [5, 5.41) is 3.54. The predicted octanol–water partition coefficient (Wildman–Crippen LogP) is 2.30. The lowest BCUT2D eigenvalue weighted by Crippen LogP contribution is -2.46. The van der Waals surface area contributed by atoms with Crippen molar-refractivity contribution in [2.45, 2.75) is 38.8 Å². The molecule has 0 unspecified atom stereocenters. The van der Waals surface area contributed by atoms with Crippen LogP contribution in [-0.4, -0.2) is 43.1 Å². The lowest BCUT2D eigenvalue weighted by molar-refractivity contribution is 0.0700. The number of para-hydroxylation sites is 1. The Morgan fingerprint density at radius 1 is 1.30 bits per heavy atom. The van der Waals surface area contributed by atoms with Crippen LogP contribution in [0.25, 0.3) is 0 Å². The van der Waals surface area contributed by atoms with Crippen LogP contribution in [0.5, 0.6) is 5.75 Å². The summed E-state index contributed by atoms with van der Waals surface area (Å²) < 4.78 is 5.27. The molecule has 1 fully saturated rings. The van der Waals surface area contributed by atoms with Crippen LogP contribution in [0.4, 0.5) is 0 Å². The lowest BCUT2D eigenvalue weighted by atomic mass is 10.0. The fourth-order valence-corrected chi connectivity index (χ4v) is 2.71. The first-order valence-corrected chi connectivity index (χ1v) is 7.30. The Morgan fingerprint density at radius 3 is 2.55 bits per heavy atom. The van der Waals surface area contributed by atoms with Gasteiger partial charge in [-0.1, -0.05) is 26.0 Å². The van der Waals surface area contributed by atoms with E-state index in [2.05, 4.69) is 19.2 Å². The van der Waals surface area contributed by atoms with Gasteiger partial charge in [0.25, 0.3) is 5.91 Å². The number of ether oxygens (including phenoxy) is 1. The number of likely N-dealkylation sites (tertiary alicyclic amines) is 1. The van der Waals surface area contributed by atoms with Gasteiger partial charge < -0.3 is 15.0 Å². The minimum atomic E-state index is 0.0745. The summed E-state index contributed by atoms with van der Waals surface area (Å²) in [7, 11) is 1.60. The molecule has 0 spiro atoms. The van der Waals surface area contributed by atoms with E-state index >= 15 is 0 Å². The van der Waals surface area contributed by atoms with Crippen molar-refractivity contribution in [3.63, 3.8) is 0 Å². The van der Waals surface area contributed by atoms with E-state index in [0.717, 1.165) is 25.9 Å². The van der Waals surface area contributed by atoms with Gasteiger partial charge in [-0.15, -0.1) is 0 Å². The fraction of sp³-hybridized carbons (Fsp3) is 0.562. The smallest absolute Gasteiger partial charge is 0.257 e. The third-order valence-electron chi connectivity index (χ3n) is 3.69. The topological polar surface area (TPSA) is 41.6 Å². The van der Waals surface area contributed by atoms with Crippen molar-refractivity contribution in [1.29, 1.82) is 0 Å². The molecule has 0 aromatic heterocycles. The van der Waals surface area contributed by atoms with Gasteiger partial charge in [-0.05, 0) is 25.0 Å². The van der Waals surface area contributed by atoms with Crippen molar-refractivity contribution < 1.29 is 9.53 Å². The Kier molecular flexibility index (Phi) is 5.01. The number of carbonyl (C=O) groups excluding carboxylic acids is 1. The van der Waals surface area contributed by atoms with E-state index in [1.54, 1.807) is 7.11 Å². The van der Waals surface area contributed by atoms with Crippen molar-refractivity contribution in [3.05, 3.63) is 29.8 Å². The third-order valence-corrected chi connectivity index (χ3v) is 3.69. The average molecular weight is 276 g/mol. The van der Waals surface area contributed by atoms with Gasteiger partial charge in [-0.2, -0.15) is 0 Å². The Morgan fingerprint density at radius 2 is 1.95 bits per heavy atom. The summed E-state index contributed by atoms with van der Waals surface area (Å²) in [6.07, 6.45) is 2.03. The zero-order chi connectivity index (χ0) is 14.5. The van der Waals surface area contributed by atoms with Crippen LogP contribution < -0.4 is 10.1 Å². The molecule has 0 bridgehead atoms. The number of rotatable bonds is 4. The minimum Gasteiger partial charge on any atom is -0.496 e. The fourth-order valence-electron chi connectivity index (χ4n) is 2.71. The van der Waals surface area contributed by atoms with E-state index in [1.165, 1.54) is 0 Å². The quantitative estimate of drug-likeness (QED) is 0.917. The normalized spacial score (nSPS) is 16.5. The van der Waals surface area contributed by atoms with Gasteiger partial charge in [-0.3, -0.25) is 4.79 Å². The minimum absolute atomic E-state index is 0.0745. The number of amides is 1. The first-order chi connectivity index (χ1) is 9.61. The number of piperidine rings is 1. The van der Waals surface area contributed by atoms with E-state index in [0.29, 0.717) is 23.4 Å². The van der Waals surface area contributed by atoms with Gasteiger partial charge in [-0.25, -0.2) is 0 Å². The summed E-state index contributed by atoms with van der Waals surface area (Å²) >= 11 is 0. The third kappa shape index (κ3) is 3.51. The molecule has 1 aliphatic rings. The molecule has 1 N–H and O–H groups in total. The molecule has 0 aliphatic carbocycles. The number of hydrogen-bond donors (Lipinski definition) is 1. The molecule has 1 aromatic carbocycles. The number of carbonyl (C=O) groups is 1. The standard InChI is InChI=1S/C16H24N2O2/c1-12(2)17-13-8-10-18(11-9-13)16(19)14-6-4-5-7-15(14)20-3/h4-7,12-13,17H,8-11H2,1-3H3. The summed E-state index contributed by atoms with van der Waals surface area (Å²) in [5.74, 6) is 0.727. The Balaban J connectivity index is 1.98. The van der Waals surface area contributed by atoms with E-state index < -0.39 is 0 Å². The molecule has 20 heavy (non-hydrogen) atoms. The SMILES string of the molecule is COc1ccccc1C(=O)N1CCC(NC(C)C)CC1. The summed E-state index contributed by atoms with van der Waals surface area (Å²) in [6, 6.07) is 8.45. The Bertz CT molecular complexity index is 452. The molecule has 0 radical (unpaired) electrons. The maximum Gasteiger partial charge on any atom is 0.257 e. The van der Waals surface area contributed by atoms with Crippen LogP contribution in [-0.2, 0) is 0 Å². The molecule has 1 saturated heterocycles. The number of nitrogens with one attached hydrogen (secondary N) is 1. The highest BCUT2D eigenvalue weighted by Gasteiger charge is 2.25. The molecule has 1 heterocycles. The summed E-state index contributed by atoms with van der Waals surface area (Å²) in [5.41, 5.74) is 0.658. The zero-order valence-electron chi connectivity index (χ0n) is 12.6. The second-order valence-electron chi connectivity index (χ2n) is 5.59. The Labute approximate surface area is 121 Å². The number of methoxy groups -OCH3 is 1. The van der Waals surface area contributed by atoms with Gasteiger partial charge >= 0.3 is 0 Å². The second-order valence-corrected chi connectivity index (χ2v) is 5.59. The molecular formula is C16H24N2O2. The highest BCUT2D eigenvalue weighted by molar-refractivity contribution is 5.97. The monoisotopic (exact) mass is 276 g/mol. The van der Waals surface area contributed by atoms with Crippen molar-refractivity contribution >= 4 is 5.91 Å². The lowest BCUT2D eigenvalue weighted by Gasteiger charge is -2.33. The summed E-state index contributed by atoms with van der Waals surface area (Å²) in [4.78, 5) is 14.5. The molecule has 1 aliphatic heterocycles. The first kappa shape index (κ1) is 14.9. The van der Waals surface area contributed by atoms with Crippen LogP contribution in [0.3, 0.4) is 0 Å². The van der Waals surface area contributed by atoms with Crippen LogP contribution >= 0.6 is 0 Å². The van der Waals surface area contributed by atoms with Crippen LogP contribution in [0.1, 0.15) is 37.0 Å². The average Bonchev–Trinajstić information content (AvgIpc) is 2.46. The van der Waals surface area contributed by atoms with Crippen molar-refractivity contribution in [1.82, 2.24) is 10.2 Å². The van der Waals surface area contributed by atoms with Gasteiger partial charge in [0.15, 0.2) is 0 Å². The highest BCUT2D eigenvalue weighted by Crippen LogP contribution is 2.21. The number of nitrogens with zero attached hydrogens (tertiary/aromatic N) is 1. The van der Waals surface area contributed by atoms with Crippen molar-refractivity contribution in [2.75, 3.05) is 20.2 Å². The van der Waals surface area contributed by atoms with E-state index in [4.69, 9.17) is 4.74 Å².